The summed E-state index contributed by atoms with van der Waals surface area (Å²) >= 11 is 0. The van der Waals surface area contributed by atoms with Crippen LogP contribution in [0.2, 0.25) is 0 Å². The lowest BCUT2D eigenvalue weighted by Gasteiger charge is -2.20. The molecule has 3 aromatic rings. The summed E-state index contributed by atoms with van der Waals surface area (Å²) in [4.78, 5) is 43.3. The van der Waals surface area contributed by atoms with Gasteiger partial charge in [0, 0.05) is 6.07 Å². The van der Waals surface area contributed by atoms with E-state index in [1.165, 1.54) is 40.0 Å². The molecule has 0 radical (unpaired) electrons. The number of nitrogens with two attached hydrogens (primary N) is 2. The highest BCUT2D eigenvalue weighted by Crippen LogP contribution is 2.60. The summed E-state index contributed by atoms with van der Waals surface area (Å²) in [7, 11) is -10.7. The van der Waals surface area contributed by atoms with Gasteiger partial charge in [-0.2, -0.15) is 8.88 Å². The van der Waals surface area contributed by atoms with Crippen molar-refractivity contribution in [2.45, 2.75) is 49.1 Å². The van der Waals surface area contributed by atoms with Gasteiger partial charge in [-0.25, -0.2) is 24.1 Å². The Bertz CT molecular complexity index is 1630. The first kappa shape index (κ1) is 32.4. The number of hydrogen-bond donors (Lipinski definition) is 8. The monoisotopic (exact) mass is 664 g/mol. The summed E-state index contributed by atoms with van der Waals surface area (Å²) in [6.45, 7) is -1.80. The molecule has 10 atom stereocenters. The molecule has 2 saturated heterocycles. The summed E-state index contributed by atoms with van der Waals surface area (Å²) in [6, 6.07) is 2.83. The van der Waals surface area contributed by atoms with Gasteiger partial charge in [0.15, 0.2) is 36.2 Å². The minimum absolute atomic E-state index is 0.0505. The van der Waals surface area contributed by atoms with Crippen LogP contribution in [0.15, 0.2) is 37.2 Å². The molecular formula is C21H28N7O14P2+. The number of ether oxygens (including phenoxy) is 2. The number of imidazole rings is 1. The SMILES string of the molecule is NC(=O)c1ccc[n+]([C@@H]2O[C@H](COP(=O)(O)OP(=O)(O)OC[C@@H]3O[C@H](n4cnc5c(N)ncnc54)[C@H](O)[C@@H]3O)[C@H](O)[C@@H]2O)c1. The maximum atomic E-state index is 12.4. The van der Waals surface area contributed by atoms with Crippen molar-refractivity contribution >= 4 is 38.5 Å². The lowest BCUT2D eigenvalue weighted by molar-refractivity contribution is -0.765. The predicted molar refractivity (Wildman–Crippen MR) is 139 cm³/mol. The van der Waals surface area contributed by atoms with E-state index in [4.69, 9.17) is 25.5 Å². The number of hydrogen-bond acceptors (Lipinski definition) is 16. The molecule has 0 bridgehead atoms. The topological polar surface area (TPSA) is 318 Å². The van der Waals surface area contributed by atoms with E-state index in [0.717, 1.165) is 6.33 Å². The zero-order valence-corrected chi connectivity index (χ0v) is 24.0. The molecule has 21 nitrogen and oxygen atoms in total. The zero-order chi connectivity index (χ0) is 32.0. The molecule has 2 unspecified atom stereocenters. The molecule has 10 N–H and O–H groups in total. The zero-order valence-electron chi connectivity index (χ0n) is 22.2. The normalized spacial score (nSPS) is 31.6. The van der Waals surface area contributed by atoms with Crippen molar-refractivity contribution in [3.8, 4) is 0 Å². The minimum atomic E-state index is -5.37. The Morgan fingerprint density at radius 2 is 1.61 bits per heavy atom. The molecule has 23 heteroatoms. The van der Waals surface area contributed by atoms with Crippen molar-refractivity contribution < 1.29 is 71.5 Å². The van der Waals surface area contributed by atoms with Gasteiger partial charge in [0.05, 0.1) is 19.5 Å². The fourth-order valence-corrected chi connectivity index (χ4v) is 6.67. The maximum absolute atomic E-state index is 12.4. The van der Waals surface area contributed by atoms with Gasteiger partial charge >= 0.3 is 15.6 Å². The summed E-state index contributed by atoms with van der Waals surface area (Å²) in [5, 5.41) is 41.6. The fraction of sp³-hybridized carbons (Fsp3) is 0.476. The average Bonchev–Trinajstić information content (AvgIpc) is 3.61. The molecule has 2 aliphatic rings. The number of aliphatic hydroxyl groups is 4. The number of carbonyl (C=O) groups excluding carboxylic acids is 1. The molecule has 240 valence electrons. The highest BCUT2D eigenvalue weighted by Gasteiger charge is 2.50. The predicted octanol–water partition coefficient (Wildman–Crippen LogP) is -3.02. The van der Waals surface area contributed by atoms with Gasteiger partial charge in [0.25, 0.3) is 12.1 Å². The number of primary amides is 1. The summed E-state index contributed by atoms with van der Waals surface area (Å²) in [5.41, 5.74) is 11.4. The number of pyridine rings is 1. The average molecular weight is 664 g/mol. The van der Waals surface area contributed by atoms with Crippen LogP contribution in [0.4, 0.5) is 5.82 Å². The first-order valence-corrected chi connectivity index (χ1v) is 15.6. The molecule has 0 spiro atoms. The van der Waals surface area contributed by atoms with Crippen molar-refractivity contribution in [2.24, 2.45) is 5.73 Å². The molecule has 2 aliphatic heterocycles. The van der Waals surface area contributed by atoms with Crippen LogP contribution in [0.3, 0.4) is 0 Å². The number of nitrogen functional groups attached to an aromatic ring is 1. The third kappa shape index (κ3) is 6.65. The van der Waals surface area contributed by atoms with E-state index >= 15 is 0 Å². The Morgan fingerprint density at radius 1 is 0.977 bits per heavy atom. The lowest BCUT2D eigenvalue weighted by atomic mass is 10.1. The number of aliphatic hydroxyl groups excluding tert-OH is 4. The molecule has 0 saturated carbocycles. The second kappa shape index (κ2) is 12.4. The number of rotatable bonds is 11. The van der Waals surface area contributed by atoms with Crippen LogP contribution in [0.5, 0.6) is 0 Å². The van der Waals surface area contributed by atoms with E-state index in [0.29, 0.717) is 0 Å². The summed E-state index contributed by atoms with van der Waals surface area (Å²) < 4.78 is 52.0. The molecular weight excluding hydrogens is 636 g/mol. The quantitative estimate of drug-likeness (QED) is 0.0747. The Labute approximate surface area is 246 Å². The maximum Gasteiger partial charge on any atom is 0.481 e. The van der Waals surface area contributed by atoms with Gasteiger partial charge in [-0.1, -0.05) is 0 Å². The van der Waals surface area contributed by atoms with Crippen LogP contribution in [0, 0.1) is 0 Å². The number of anilines is 1. The van der Waals surface area contributed by atoms with E-state index in [1.807, 2.05) is 0 Å². The van der Waals surface area contributed by atoms with Gasteiger partial charge in [-0.3, -0.25) is 18.4 Å². The highest BCUT2D eigenvalue weighted by molar-refractivity contribution is 7.61. The fourth-order valence-electron chi connectivity index (χ4n) is 4.58. The largest absolute Gasteiger partial charge is 0.481 e. The van der Waals surface area contributed by atoms with Crippen molar-refractivity contribution in [1.82, 2.24) is 19.5 Å². The molecule has 3 aromatic heterocycles. The molecule has 1 amide bonds. The van der Waals surface area contributed by atoms with E-state index in [2.05, 4.69) is 23.8 Å². The van der Waals surface area contributed by atoms with Gasteiger partial charge in [-0.05, 0) is 6.07 Å². The Balaban J connectivity index is 1.16. The smallest absolute Gasteiger partial charge is 0.387 e. The second-order valence-corrected chi connectivity index (χ2v) is 12.7. The van der Waals surface area contributed by atoms with Crippen LogP contribution >= 0.6 is 15.6 Å². The molecule has 2 fully saturated rings. The van der Waals surface area contributed by atoms with E-state index in [-0.39, 0.29) is 22.5 Å². The van der Waals surface area contributed by atoms with Crippen LogP contribution in [0.25, 0.3) is 11.2 Å². The standard InChI is InChI=1S/C21H27N7O14P2/c22-17-12-19(25-7-24-17)28(8-26-12)21-16(32)14(30)11(41-21)6-39-44(36,37)42-43(34,35)38-5-10-13(29)15(31)20(40-10)27-3-1-2-9(4-27)18(23)33/h1-4,7-8,10-11,13-16,20-21,29-32H,5-6H2,(H5-,22,23,24,25,33,34,35,36,37)/p+1/t10-,11+,13+,14-,15+,16-,20-,21+/m1/s1. The summed E-state index contributed by atoms with van der Waals surface area (Å²) in [6.07, 6.45) is -6.85. The lowest BCUT2D eigenvalue weighted by Crippen LogP contribution is -2.46. The number of carbonyl (C=O) groups is 1. The van der Waals surface area contributed by atoms with E-state index in [1.54, 1.807) is 0 Å². The Hall–Kier alpha value is -3.01. The Kier molecular flexibility index (Phi) is 9.13. The molecule has 44 heavy (non-hydrogen) atoms. The Morgan fingerprint density at radius 3 is 2.27 bits per heavy atom. The number of phosphoric acid groups is 2. The summed E-state index contributed by atoms with van der Waals surface area (Å²) in [5.74, 6) is -0.714. The number of fused-ring (bicyclic) bond motifs is 1. The first-order chi connectivity index (χ1) is 20.7. The third-order valence-electron chi connectivity index (χ3n) is 6.75. The van der Waals surface area contributed by atoms with Crippen LogP contribution in [0.1, 0.15) is 22.8 Å². The number of nitrogens with zero attached hydrogens (tertiary/aromatic N) is 5. The first-order valence-electron chi connectivity index (χ1n) is 12.6. The third-order valence-corrected chi connectivity index (χ3v) is 9.35. The highest BCUT2D eigenvalue weighted by atomic mass is 31.3. The van der Waals surface area contributed by atoms with Gasteiger partial charge in [0.1, 0.15) is 47.9 Å². The molecule has 5 rings (SSSR count). The van der Waals surface area contributed by atoms with Gasteiger partial charge in [0.2, 0.25) is 0 Å². The van der Waals surface area contributed by atoms with E-state index in [9.17, 15) is 44.1 Å². The van der Waals surface area contributed by atoms with Gasteiger partial charge in [-0.15, -0.1) is 0 Å². The molecule has 0 aliphatic carbocycles. The second-order valence-electron chi connectivity index (χ2n) is 9.69. The van der Waals surface area contributed by atoms with Crippen molar-refractivity contribution in [3.05, 3.63) is 42.7 Å². The molecule has 0 aromatic carbocycles. The van der Waals surface area contributed by atoms with Gasteiger partial charge < -0.3 is 51.2 Å². The van der Waals surface area contributed by atoms with Crippen molar-refractivity contribution in [2.75, 3.05) is 18.9 Å². The number of phosphoric ester groups is 2. The van der Waals surface area contributed by atoms with Crippen LogP contribution in [-0.2, 0) is 32.0 Å². The number of amides is 1. The minimum Gasteiger partial charge on any atom is -0.387 e. The van der Waals surface area contributed by atoms with Crippen LogP contribution in [-0.4, -0.2) is 105 Å². The molecule has 5 heterocycles. The van der Waals surface area contributed by atoms with Crippen molar-refractivity contribution in [3.63, 3.8) is 0 Å². The van der Waals surface area contributed by atoms with Crippen molar-refractivity contribution in [1.29, 1.82) is 0 Å². The van der Waals surface area contributed by atoms with Crippen LogP contribution < -0.4 is 16.0 Å². The van der Waals surface area contributed by atoms with E-state index < -0.39 is 83.8 Å². The number of aromatic nitrogens is 5.